The highest BCUT2D eigenvalue weighted by Gasteiger charge is 2.01. The fraction of sp³-hybridized carbons (Fsp3) is 0.556. The summed E-state index contributed by atoms with van der Waals surface area (Å²) < 4.78 is 1.89. The maximum atomic E-state index is 5.15. The molecule has 0 fully saturated rings. The van der Waals surface area contributed by atoms with E-state index in [0.717, 1.165) is 9.60 Å². The Morgan fingerprint density at radius 2 is 1.28 bits per heavy atom. The Hall–Kier alpha value is -0.640. The van der Waals surface area contributed by atoms with Gasteiger partial charge in [0.25, 0.3) is 0 Å². The lowest BCUT2D eigenvalue weighted by molar-refractivity contribution is 0.622. The van der Waals surface area contributed by atoms with Crippen molar-refractivity contribution >= 4 is 55.3 Å². The van der Waals surface area contributed by atoms with Crippen LogP contribution in [0.1, 0.15) is 0 Å². The second kappa shape index (κ2) is 6.50. The monoisotopic (exact) mass is 321 g/mol. The lowest BCUT2D eigenvalue weighted by atomic mass is 10.9. The smallest absolute Gasteiger partial charge is 0.204 e. The van der Waals surface area contributed by atoms with Gasteiger partial charge in [0.2, 0.25) is 9.60 Å². The molecule has 0 aromatic carbocycles. The number of thiocarbonyl (C=S) groups is 2. The third kappa shape index (κ3) is 3.94. The van der Waals surface area contributed by atoms with Crippen LogP contribution < -0.4 is 9.60 Å². The molecule has 9 heteroatoms. The van der Waals surface area contributed by atoms with E-state index in [-0.39, 0.29) is 0 Å². The number of aromatic nitrogens is 1. The van der Waals surface area contributed by atoms with Crippen molar-refractivity contribution in [1.82, 2.24) is 14.4 Å². The lowest BCUT2D eigenvalue weighted by Crippen LogP contribution is -2.28. The van der Waals surface area contributed by atoms with Crippen LogP contribution in [0, 0.1) is 0 Å². The van der Waals surface area contributed by atoms with Crippen LogP contribution in [0.5, 0.6) is 0 Å². The van der Waals surface area contributed by atoms with Crippen LogP contribution in [0.2, 0.25) is 0 Å². The maximum absolute atomic E-state index is 5.15. The molecule has 0 spiro atoms. The van der Waals surface area contributed by atoms with Gasteiger partial charge in [-0.2, -0.15) is 9.98 Å². The van der Waals surface area contributed by atoms with Crippen LogP contribution in [-0.2, 0) is 7.05 Å². The number of nitrogens with zero attached hydrogens (tertiary/aromatic N) is 5. The first-order valence-corrected chi connectivity index (χ1v) is 7.97. The Morgan fingerprint density at radius 1 is 0.944 bits per heavy atom. The topological polar surface area (TPSA) is 36.1 Å². The van der Waals surface area contributed by atoms with Gasteiger partial charge in [-0.3, -0.25) is 4.57 Å². The third-order valence-corrected chi connectivity index (χ3v) is 5.08. The van der Waals surface area contributed by atoms with Gasteiger partial charge >= 0.3 is 0 Å². The summed E-state index contributed by atoms with van der Waals surface area (Å²) in [4.78, 5) is 13.9. The number of hydrogen-bond donors (Lipinski definition) is 0. The van der Waals surface area contributed by atoms with Crippen LogP contribution in [0.4, 0.5) is 0 Å². The van der Waals surface area contributed by atoms with Crippen molar-refractivity contribution in [2.24, 2.45) is 17.0 Å². The summed E-state index contributed by atoms with van der Waals surface area (Å²) in [5.74, 6) is 0. The van der Waals surface area contributed by atoms with E-state index < -0.39 is 0 Å². The number of hydrogen-bond acceptors (Lipinski definition) is 4. The average molecular weight is 322 g/mol. The quantitative estimate of drug-likeness (QED) is 0.519. The summed E-state index contributed by atoms with van der Waals surface area (Å²) in [6, 6.07) is 0. The van der Waals surface area contributed by atoms with E-state index in [9.17, 15) is 0 Å². The molecule has 0 atom stereocenters. The average Bonchev–Trinajstić information content (AvgIpc) is 2.61. The fourth-order valence-corrected chi connectivity index (χ4v) is 3.30. The molecule has 1 aromatic rings. The molecule has 5 nitrogen and oxygen atoms in total. The maximum Gasteiger partial charge on any atom is 0.204 e. The first-order chi connectivity index (χ1) is 8.32. The van der Waals surface area contributed by atoms with Crippen LogP contribution in [-0.4, -0.2) is 52.8 Å². The molecular weight excluding hydrogens is 306 g/mol. The second-order valence-electron chi connectivity index (χ2n) is 3.87. The molecule has 0 aliphatic rings. The molecule has 0 unspecified atom stereocenters. The van der Waals surface area contributed by atoms with Crippen LogP contribution in [0.15, 0.2) is 9.98 Å². The van der Waals surface area contributed by atoms with Crippen molar-refractivity contribution in [3.63, 3.8) is 0 Å². The number of rotatable bonds is 0. The van der Waals surface area contributed by atoms with Crippen molar-refractivity contribution in [2.45, 2.75) is 0 Å². The minimum atomic E-state index is 0.543. The molecule has 18 heavy (non-hydrogen) atoms. The molecule has 0 saturated carbocycles. The van der Waals surface area contributed by atoms with Gasteiger partial charge in [-0.05, 0) is 45.1 Å². The largest absolute Gasteiger partial charge is 0.353 e. The molecule has 0 aliphatic carbocycles. The zero-order valence-electron chi connectivity index (χ0n) is 10.9. The first kappa shape index (κ1) is 15.4. The van der Waals surface area contributed by atoms with E-state index in [2.05, 4.69) is 9.98 Å². The molecule has 0 N–H and O–H groups in total. The Bertz CT molecular complexity index is 525. The summed E-state index contributed by atoms with van der Waals surface area (Å²) in [7, 11) is 12.4. The highest BCUT2D eigenvalue weighted by atomic mass is 32.9. The Kier molecular flexibility index (Phi) is 5.57. The van der Waals surface area contributed by atoms with Crippen molar-refractivity contribution < 1.29 is 0 Å². The minimum absolute atomic E-state index is 0.543. The molecule has 1 aromatic heterocycles. The Labute approximate surface area is 124 Å². The Balaban J connectivity index is 3.20. The summed E-state index contributed by atoms with van der Waals surface area (Å²) in [6.45, 7) is 0. The van der Waals surface area contributed by atoms with E-state index >= 15 is 0 Å². The van der Waals surface area contributed by atoms with Crippen LogP contribution >= 0.6 is 45.1 Å². The standard InChI is InChI=1S/C9H15N5S4/c1-12(2)6(15)10-8-14(5)9(18-17-8)11-7(16)13(3)4/h1-5H3/b10-8-,11-9-. The molecular formula is C9H15N5S4. The summed E-state index contributed by atoms with van der Waals surface area (Å²) in [5.41, 5.74) is 0. The minimum Gasteiger partial charge on any atom is -0.353 e. The van der Waals surface area contributed by atoms with Gasteiger partial charge in [0.1, 0.15) is 0 Å². The van der Waals surface area contributed by atoms with Gasteiger partial charge in [0.15, 0.2) is 10.2 Å². The molecule has 0 amide bonds. The van der Waals surface area contributed by atoms with E-state index in [0.29, 0.717) is 10.2 Å². The Morgan fingerprint density at radius 3 is 1.56 bits per heavy atom. The van der Waals surface area contributed by atoms with Gasteiger partial charge < -0.3 is 9.80 Å². The molecule has 1 rings (SSSR count). The highest BCUT2D eigenvalue weighted by molar-refractivity contribution is 7.80. The van der Waals surface area contributed by atoms with Gasteiger partial charge in [-0.25, -0.2) is 0 Å². The fourth-order valence-electron chi connectivity index (χ4n) is 0.819. The normalized spacial score (nSPS) is 12.7. The summed E-state index contributed by atoms with van der Waals surface area (Å²) >= 11 is 10.3. The van der Waals surface area contributed by atoms with Gasteiger partial charge in [0, 0.05) is 35.2 Å². The predicted molar refractivity (Wildman–Crippen MR) is 84.9 cm³/mol. The zero-order chi connectivity index (χ0) is 13.9. The van der Waals surface area contributed by atoms with Gasteiger partial charge in [0.05, 0.1) is 0 Å². The molecule has 0 aliphatic heterocycles. The molecule has 0 bridgehead atoms. The van der Waals surface area contributed by atoms with E-state index in [1.54, 1.807) is 9.80 Å². The lowest BCUT2D eigenvalue weighted by Gasteiger charge is -2.07. The van der Waals surface area contributed by atoms with Crippen molar-refractivity contribution in [1.29, 1.82) is 0 Å². The zero-order valence-corrected chi connectivity index (χ0v) is 14.1. The molecule has 1 heterocycles. The van der Waals surface area contributed by atoms with Gasteiger partial charge in [-0.1, -0.05) is 0 Å². The van der Waals surface area contributed by atoms with E-state index in [1.807, 2.05) is 39.8 Å². The third-order valence-electron chi connectivity index (χ3n) is 1.91. The van der Waals surface area contributed by atoms with Crippen LogP contribution in [0.3, 0.4) is 0 Å². The van der Waals surface area contributed by atoms with E-state index in [4.69, 9.17) is 24.4 Å². The second-order valence-corrected chi connectivity index (χ2v) is 6.66. The van der Waals surface area contributed by atoms with E-state index in [1.165, 1.54) is 20.7 Å². The van der Waals surface area contributed by atoms with Crippen molar-refractivity contribution in [3.8, 4) is 0 Å². The van der Waals surface area contributed by atoms with Crippen molar-refractivity contribution in [3.05, 3.63) is 9.60 Å². The first-order valence-electron chi connectivity index (χ1n) is 5.01. The molecule has 0 saturated heterocycles. The molecule has 0 radical (unpaired) electrons. The summed E-state index contributed by atoms with van der Waals surface area (Å²) in [5, 5.41) is 1.09. The molecule has 100 valence electrons. The van der Waals surface area contributed by atoms with Gasteiger partial charge in [-0.15, -0.1) is 0 Å². The summed E-state index contributed by atoms with van der Waals surface area (Å²) in [6.07, 6.45) is 0. The van der Waals surface area contributed by atoms with Crippen LogP contribution in [0.25, 0.3) is 0 Å². The predicted octanol–water partition coefficient (Wildman–Crippen LogP) is 0.642. The highest BCUT2D eigenvalue weighted by Crippen LogP contribution is 1.94. The van der Waals surface area contributed by atoms with Crippen molar-refractivity contribution in [2.75, 3.05) is 28.2 Å². The SMILES string of the molecule is CN(C)C(=S)/N=c1\ss/c(=N\C(=S)N(C)C)n1C.